The molecule has 0 aromatic rings. The van der Waals surface area contributed by atoms with E-state index < -0.39 is 6.00 Å². The molecule has 11 heavy (non-hydrogen) atoms. The third-order valence-corrected chi connectivity index (χ3v) is 3.97. The molecule has 0 aromatic carbocycles. The van der Waals surface area contributed by atoms with E-state index in [2.05, 4.69) is 0 Å². The number of hydrogen-bond donors (Lipinski definition) is 0. The largest absolute Gasteiger partial charge is 0.341 e. The van der Waals surface area contributed by atoms with E-state index in [-0.39, 0.29) is 6.67 Å². The van der Waals surface area contributed by atoms with Crippen molar-refractivity contribution in [3.05, 3.63) is 0 Å². The van der Waals surface area contributed by atoms with E-state index in [0.29, 0.717) is 12.5 Å². The first kappa shape index (κ1) is 12.0. The fourth-order valence-corrected chi connectivity index (χ4v) is 2.63. The van der Waals surface area contributed by atoms with Gasteiger partial charge in [0.2, 0.25) is 0 Å². The minimum absolute atomic E-state index is 0.231. The van der Waals surface area contributed by atoms with Gasteiger partial charge in [0.25, 0.3) is 0 Å². The Balaban J connectivity index is 3.02. The van der Waals surface area contributed by atoms with Crippen molar-refractivity contribution in [3.8, 4) is 0 Å². The first-order valence-electron chi connectivity index (χ1n) is 3.69. The highest BCUT2D eigenvalue weighted by atomic mass is 35.8. The third kappa shape index (κ3) is 11.0. The Morgan fingerprint density at radius 2 is 1.45 bits per heavy atom. The Morgan fingerprint density at radius 3 is 1.91 bits per heavy atom. The van der Waals surface area contributed by atoms with Crippen LogP contribution in [0.5, 0.6) is 0 Å². The summed E-state index contributed by atoms with van der Waals surface area (Å²) in [5.74, 6) is 0. The molecule has 0 aliphatic carbocycles. The van der Waals surface area contributed by atoms with Crippen LogP contribution in [0.15, 0.2) is 0 Å². The molecule has 0 aromatic heterocycles. The van der Waals surface area contributed by atoms with Gasteiger partial charge in [0.05, 0.1) is 6.67 Å². The van der Waals surface area contributed by atoms with Gasteiger partial charge in [-0.15, -0.1) is 33.2 Å². The molecule has 0 atom stereocenters. The van der Waals surface area contributed by atoms with Crippen LogP contribution < -0.4 is 0 Å². The maximum atomic E-state index is 11.6. The zero-order chi connectivity index (χ0) is 8.74. The normalized spacial score (nSPS) is 12.0. The molecule has 0 saturated carbocycles. The summed E-state index contributed by atoms with van der Waals surface area (Å²) >= 11 is 16.9. The van der Waals surface area contributed by atoms with E-state index in [1.165, 1.54) is 0 Å². The van der Waals surface area contributed by atoms with E-state index in [1.54, 1.807) is 0 Å². The predicted molar refractivity (Wildman–Crippen MR) is 52.6 cm³/mol. The predicted octanol–water partition coefficient (Wildman–Crippen LogP) is 4.17. The molecule has 5 heteroatoms. The standard InChI is InChI=1S/C6H12Cl3FSi/c7-11(8,9)6-4-2-1-3-5-10/h1-6H2. The molecule has 0 rings (SSSR count). The van der Waals surface area contributed by atoms with Crippen LogP contribution in [0.2, 0.25) is 6.04 Å². The van der Waals surface area contributed by atoms with Crippen molar-refractivity contribution in [1.29, 1.82) is 0 Å². The number of unbranched alkanes of at least 4 members (excludes halogenated alkanes) is 3. The average Bonchev–Trinajstić information content (AvgIpc) is 1.85. The number of alkyl halides is 1. The van der Waals surface area contributed by atoms with Gasteiger partial charge in [-0.05, 0) is 12.5 Å². The maximum absolute atomic E-state index is 11.6. The third-order valence-electron chi connectivity index (χ3n) is 1.34. The lowest BCUT2D eigenvalue weighted by Gasteiger charge is -2.05. The molecule has 0 heterocycles. The molecule has 0 amide bonds. The van der Waals surface area contributed by atoms with E-state index in [0.717, 1.165) is 19.3 Å². The molecule has 0 nitrogen and oxygen atoms in total. The van der Waals surface area contributed by atoms with Crippen molar-refractivity contribution < 1.29 is 4.39 Å². The fourth-order valence-electron chi connectivity index (χ4n) is 0.773. The van der Waals surface area contributed by atoms with Gasteiger partial charge in [0.1, 0.15) is 0 Å². The Morgan fingerprint density at radius 1 is 0.909 bits per heavy atom. The molecule has 0 bridgehead atoms. The summed E-state index contributed by atoms with van der Waals surface area (Å²) < 4.78 is 11.6. The van der Waals surface area contributed by atoms with Gasteiger partial charge in [-0.3, -0.25) is 4.39 Å². The van der Waals surface area contributed by atoms with Crippen LogP contribution >= 0.6 is 33.2 Å². The van der Waals surface area contributed by atoms with Gasteiger partial charge in [-0.25, -0.2) is 0 Å². The van der Waals surface area contributed by atoms with Gasteiger partial charge in [-0.2, -0.15) is 0 Å². The van der Waals surface area contributed by atoms with Crippen LogP contribution in [0.25, 0.3) is 0 Å². The highest BCUT2D eigenvalue weighted by Crippen LogP contribution is 2.27. The van der Waals surface area contributed by atoms with Crippen molar-refractivity contribution in [2.75, 3.05) is 6.67 Å². The van der Waals surface area contributed by atoms with Crippen LogP contribution in [0.3, 0.4) is 0 Å². The molecule has 0 N–H and O–H groups in total. The summed E-state index contributed by atoms with van der Waals surface area (Å²) in [6.07, 6.45) is 3.45. The lowest BCUT2D eigenvalue weighted by molar-refractivity contribution is 0.455. The number of rotatable bonds is 6. The monoisotopic (exact) mass is 236 g/mol. The summed E-state index contributed by atoms with van der Waals surface area (Å²) in [6, 6.07) is -1.70. The second-order valence-corrected chi connectivity index (χ2v) is 11.7. The minimum Gasteiger partial charge on any atom is -0.251 e. The second-order valence-electron chi connectivity index (χ2n) is 2.47. The summed E-state index contributed by atoms with van der Waals surface area (Å²) in [4.78, 5) is 0. The number of hydrogen-bond acceptors (Lipinski definition) is 0. The van der Waals surface area contributed by atoms with E-state index in [1.807, 2.05) is 0 Å². The van der Waals surface area contributed by atoms with Crippen molar-refractivity contribution in [1.82, 2.24) is 0 Å². The molecule has 0 spiro atoms. The molecular formula is C6H12Cl3FSi. The molecule has 0 fully saturated rings. The molecular weight excluding hydrogens is 226 g/mol. The number of halogens is 4. The second kappa shape index (κ2) is 6.52. The molecule has 0 radical (unpaired) electrons. The lowest BCUT2D eigenvalue weighted by atomic mass is 10.2. The summed E-state index contributed by atoms with van der Waals surface area (Å²) in [6.45, 7) is -0.231. The molecule has 0 aliphatic heterocycles. The Hall–Kier alpha value is 1.02. The van der Waals surface area contributed by atoms with Gasteiger partial charge in [-0.1, -0.05) is 19.3 Å². The fraction of sp³-hybridized carbons (Fsp3) is 1.00. The van der Waals surface area contributed by atoms with Crippen molar-refractivity contribution >= 4 is 39.2 Å². The first-order chi connectivity index (χ1) is 5.06. The Labute approximate surface area is 82.1 Å². The molecule has 0 saturated heterocycles. The molecule has 68 valence electrons. The first-order valence-corrected chi connectivity index (χ1v) is 8.93. The lowest BCUT2D eigenvalue weighted by Crippen LogP contribution is -2.07. The summed E-state index contributed by atoms with van der Waals surface area (Å²) in [5.41, 5.74) is 0. The van der Waals surface area contributed by atoms with Gasteiger partial charge in [0.15, 0.2) is 0 Å². The van der Waals surface area contributed by atoms with Crippen LogP contribution in [-0.4, -0.2) is 12.7 Å². The highest BCUT2D eigenvalue weighted by molar-refractivity contribution is 7.64. The summed E-state index contributed by atoms with van der Waals surface area (Å²) in [7, 11) is 0. The molecule has 0 unspecified atom stereocenters. The van der Waals surface area contributed by atoms with E-state index in [4.69, 9.17) is 33.2 Å². The van der Waals surface area contributed by atoms with Crippen molar-refractivity contribution in [2.45, 2.75) is 31.7 Å². The highest BCUT2D eigenvalue weighted by Gasteiger charge is 2.23. The van der Waals surface area contributed by atoms with E-state index in [9.17, 15) is 4.39 Å². The van der Waals surface area contributed by atoms with Crippen LogP contribution in [0.1, 0.15) is 25.7 Å². The zero-order valence-electron chi connectivity index (χ0n) is 6.25. The topological polar surface area (TPSA) is 0 Å². The van der Waals surface area contributed by atoms with E-state index >= 15 is 0 Å². The quantitative estimate of drug-likeness (QED) is 0.369. The van der Waals surface area contributed by atoms with Gasteiger partial charge < -0.3 is 0 Å². The molecule has 0 aliphatic rings. The van der Waals surface area contributed by atoms with Gasteiger partial charge in [0, 0.05) is 0 Å². The van der Waals surface area contributed by atoms with Crippen LogP contribution in [-0.2, 0) is 0 Å². The van der Waals surface area contributed by atoms with Crippen LogP contribution in [0, 0.1) is 0 Å². The Bertz CT molecular complexity index is 94.3. The van der Waals surface area contributed by atoms with Crippen LogP contribution in [0.4, 0.5) is 4.39 Å². The maximum Gasteiger partial charge on any atom is 0.341 e. The van der Waals surface area contributed by atoms with Crippen molar-refractivity contribution in [2.24, 2.45) is 0 Å². The SMILES string of the molecule is FCCCCCC[Si](Cl)(Cl)Cl. The minimum atomic E-state index is -2.39. The smallest absolute Gasteiger partial charge is 0.251 e. The zero-order valence-corrected chi connectivity index (χ0v) is 9.52. The average molecular weight is 238 g/mol. The van der Waals surface area contributed by atoms with Crippen molar-refractivity contribution in [3.63, 3.8) is 0 Å². The Kier molecular flexibility index (Phi) is 7.13. The summed E-state index contributed by atoms with van der Waals surface area (Å²) in [5, 5.41) is 0. The van der Waals surface area contributed by atoms with Gasteiger partial charge >= 0.3 is 6.00 Å².